The first kappa shape index (κ1) is 22.8. The van der Waals surface area contributed by atoms with E-state index in [2.05, 4.69) is 4.90 Å². The van der Waals surface area contributed by atoms with E-state index in [1.165, 1.54) is 19.3 Å². The van der Waals surface area contributed by atoms with Crippen LogP contribution in [-0.4, -0.2) is 47.1 Å². The van der Waals surface area contributed by atoms with Crippen LogP contribution in [0.1, 0.15) is 51.9 Å². The van der Waals surface area contributed by atoms with Gasteiger partial charge in [0, 0.05) is 22.3 Å². The highest BCUT2D eigenvalue weighted by molar-refractivity contribution is 8.00. The van der Waals surface area contributed by atoms with Gasteiger partial charge >= 0.3 is 0 Å². The maximum atomic E-state index is 13.7. The molecule has 2 aliphatic heterocycles. The summed E-state index contributed by atoms with van der Waals surface area (Å²) in [4.78, 5) is 17.1. The number of benzene rings is 3. The number of hydrogen-bond acceptors (Lipinski definition) is 6. The fourth-order valence-corrected chi connectivity index (χ4v) is 6.32. The van der Waals surface area contributed by atoms with Crippen molar-refractivity contribution in [2.75, 3.05) is 26.2 Å². The lowest BCUT2D eigenvalue weighted by Crippen LogP contribution is -2.33. The van der Waals surface area contributed by atoms with Gasteiger partial charge in [-0.05, 0) is 85.6 Å². The number of likely N-dealkylation sites (tertiary alicyclic amines) is 1. The summed E-state index contributed by atoms with van der Waals surface area (Å²) in [6.07, 6.45) is 3.86. The maximum absolute atomic E-state index is 13.7. The lowest BCUT2D eigenvalue weighted by molar-refractivity contribution is 0.0958. The molecule has 5 rings (SSSR count). The molecule has 0 aromatic heterocycles. The van der Waals surface area contributed by atoms with Gasteiger partial charge in [0.05, 0.1) is 5.92 Å². The number of rotatable bonds is 7. The van der Waals surface area contributed by atoms with E-state index in [-0.39, 0.29) is 28.5 Å². The molecular formula is C28H29NO4S. The van der Waals surface area contributed by atoms with Crippen LogP contribution in [0.5, 0.6) is 17.2 Å². The molecule has 2 atom stereocenters. The number of Topliss-reactive ketones (excluding diaryl/α,β-unsaturated/α-hetero) is 1. The number of hydrogen-bond donors (Lipinski definition) is 2. The minimum Gasteiger partial charge on any atom is -0.508 e. The van der Waals surface area contributed by atoms with Crippen molar-refractivity contribution in [3.8, 4) is 17.2 Å². The first-order valence-corrected chi connectivity index (χ1v) is 12.7. The van der Waals surface area contributed by atoms with Gasteiger partial charge in [0.15, 0.2) is 5.78 Å². The van der Waals surface area contributed by atoms with Crippen LogP contribution < -0.4 is 4.74 Å². The zero-order valence-electron chi connectivity index (χ0n) is 19.0. The molecule has 3 aromatic rings. The summed E-state index contributed by atoms with van der Waals surface area (Å²) >= 11 is 1.58. The van der Waals surface area contributed by atoms with Crippen molar-refractivity contribution < 1.29 is 19.7 Å². The smallest absolute Gasteiger partial charge is 0.171 e. The highest BCUT2D eigenvalue weighted by Crippen LogP contribution is 2.56. The van der Waals surface area contributed by atoms with Crippen LogP contribution in [0.2, 0.25) is 0 Å². The Labute approximate surface area is 204 Å². The molecule has 0 saturated carbocycles. The molecule has 3 aromatic carbocycles. The molecule has 2 heterocycles. The number of thioether (sulfide) groups is 1. The van der Waals surface area contributed by atoms with Gasteiger partial charge in [-0.2, -0.15) is 0 Å². The van der Waals surface area contributed by atoms with Crippen molar-refractivity contribution in [1.82, 2.24) is 4.90 Å². The second kappa shape index (κ2) is 10.1. The van der Waals surface area contributed by atoms with Crippen molar-refractivity contribution in [2.24, 2.45) is 0 Å². The first-order valence-electron chi connectivity index (χ1n) is 11.9. The Morgan fingerprint density at radius 2 is 1.62 bits per heavy atom. The number of nitrogens with zero attached hydrogens (tertiary/aromatic N) is 1. The van der Waals surface area contributed by atoms with Crippen LogP contribution in [0.25, 0.3) is 0 Å². The molecule has 176 valence electrons. The Kier molecular flexibility index (Phi) is 6.79. The van der Waals surface area contributed by atoms with Gasteiger partial charge in [-0.1, -0.05) is 24.6 Å². The van der Waals surface area contributed by atoms with Gasteiger partial charge in [-0.25, -0.2) is 0 Å². The van der Waals surface area contributed by atoms with Gasteiger partial charge < -0.3 is 14.9 Å². The van der Waals surface area contributed by atoms with E-state index in [9.17, 15) is 15.0 Å². The van der Waals surface area contributed by atoms with E-state index in [0.29, 0.717) is 12.2 Å². The molecule has 0 amide bonds. The third-order valence-corrected chi connectivity index (χ3v) is 8.06. The Balaban J connectivity index is 1.32. The molecule has 0 bridgehead atoms. The normalized spacial score (nSPS) is 20.1. The highest BCUT2D eigenvalue weighted by Gasteiger charge is 2.39. The van der Waals surface area contributed by atoms with Crippen LogP contribution >= 0.6 is 11.8 Å². The third-order valence-electron chi connectivity index (χ3n) is 6.66. The summed E-state index contributed by atoms with van der Waals surface area (Å²) in [5, 5.41) is 19.5. The molecule has 0 unspecified atom stereocenters. The summed E-state index contributed by atoms with van der Waals surface area (Å²) in [6.45, 7) is 3.87. The molecule has 5 nitrogen and oxygen atoms in total. The van der Waals surface area contributed by atoms with Crippen LogP contribution in [0.3, 0.4) is 0 Å². The van der Waals surface area contributed by atoms with Crippen LogP contribution in [-0.2, 0) is 0 Å². The fourth-order valence-electron chi connectivity index (χ4n) is 4.82. The second-order valence-corrected chi connectivity index (χ2v) is 10.2. The van der Waals surface area contributed by atoms with Crippen molar-refractivity contribution in [3.05, 3.63) is 83.4 Å². The number of ether oxygens (including phenoxy) is 1. The van der Waals surface area contributed by atoms with Gasteiger partial charge in [-0.15, -0.1) is 11.8 Å². The maximum Gasteiger partial charge on any atom is 0.171 e. The molecule has 0 radical (unpaired) electrons. The standard InChI is InChI=1S/C28H29NO4S/c30-21-8-4-20(5-9-21)28-26(24-13-10-22(31)18-25(24)34-28)27(32)19-6-11-23(12-7-19)33-17-16-29-14-2-1-3-15-29/h4-13,18,26,28,30-31H,1-3,14-17H2/t26-,28+/m0/s1. The van der Waals surface area contributed by atoms with E-state index in [0.717, 1.165) is 41.4 Å². The summed E-state index contributed by atoms with van der Waals surface area (Å²) < 4.78 is 5.93. The van der Waals surface area contributed by atoms with Crippen molar-refractivity contribution in [1.29, 1.82) is 0 Å². The molecule has 0 spiro atoms. The quantitative estimate of drug-likeness (QED) is 0.423. The van der Waals surface area contributed by atoms with E-state index >= 15 is 0 Å². The summed E-state index contributed by atoms with van der Waals surface area (Å²) in [5.74, 6) is 0.816. The van der Waals surface area contributed by atoms with E-state index in [1.807, 2.05) is 42.5 Å². The van der Waals surface area contributed by atoms with Crippen LogP contribution in [0.4, 0.5) is 0 Å². The lowest BCUT2D eigenvalue weighted by atomic mass is 9.85. The average Bonchev–Trinajstić information content (AvgIpc) is 3.23. The molecule has 1 saturated heterocycles. The number of ketones is 1. The number of carbonyl (C=O) groups is 1. The largest absolute Gasteiger partial charge is 0.508 e. The third kappa shape index (κ3) is 4.93. The minimum absolute atomic E-state index is 0.0369. The Hall–Kier alpha value is -2.96. The Morgan fingerprint density at radius 1 is 0.912 bits per heavy atom. The topological polar surface area (TPSA) is 70.0 Å². The predicted molar refractivity (Wildman–Crippen MR) is 134 cm³/mol. The monoisotopic (exact) mass is 475 g/mol. The zero-order valence-corrected chi connectivity index (χ0v) is 19.8. The minimum atomic E-state index is -0.379. The Morgan fingerprint density at radius 3 is 2.35 bits per heavy atom. The molecular weight excluding hydrogens is 446 g/mol. The lowest BCUT2D eigenvalue weighted by Gasteiger charge is -2.26. The summed E-state index contributed by atoms with van der Waals surface area (Å²) in [5.41, 5.74) is 2.53. The average molecular weight is 476 g/mol. The number of fused-ring (bicyclic) bond motifs is 1. The molecule has 2 N–H and O–H groups in total. The van der Waals surface area contributed by atoms with E-state index < -0.39 is 0 Å². The number of piperidine rings is 1. The number of carbonyl (C=O) groups excluding carboxylic acids is 1. The highest BCUT2D eigenvalue weighted by atomic mass is 32.2. The van der Waals surface area contributed by atoms with Gasteiger partial charge in [0.1, 0.15) is 23.9 Å². The number of phenols is 2. The summed E-state index contributed by atoms with van der Waals surface area (Å²) in [7, 11) is 0. The number of phenolic OH excluding ortho intramolecular Hbond substituents is 2. The van der Waals surface area contributed by atoms with Crippen LogP contribution in [0.15, 0.2) is 71.6 Å². The number of aromatic hydroxyl groups is 2. The second-order valence-electron chi connectivity index (χ2n) is 8.97. The van der Waals surface area contributed by atoms with Crippen molar-refractivity contribution in [2.45, 2.75) is 35.3 Å². The molecule has 2 aliphatic rings. The fraction of sp³-hybridized carbons (Fsp3) is 0.321. The van der Waals surface area contributed by atoms with Gasteiger partial charge in [0.25, 0.3) is 0 Å². The molecule has 0 aliphatic carbocycles. The first-order chi connectivity index (χ1) is 16.6. The van der Waals surface area contributed by atoms with Gasteiger partial charge in [-0.3, -0.25) is 9.69 Å². The van der Waals surface area contributed by atoms with Crippen molar-refractivity contribution >= 4 is 17.5 Å². The predicted octanol–water partition coefficient (Wildman–Crippen LogP) is 5.78. The van der Waals surface area contributed by atoms with Crippen molar-refractivity contribution in [3.63, 3.8) is 0 Å². The van der Waals surface area contributed by atoms with E-state index in [1.54, 1.807) is 36.0 Å². The molecule has 1 fully saturated rings. The molecule has 34 heavy (non-hydrogen) atoms. The SMILES string of the molecule is O=C(c1ccc(OCCN2CCCCC2)cc1)[C@@H]1c2ccc(O)cc2S[C@@H]1c1ccc(O)cc1. The summed E-state index contributed by atoms with van der Waals surface area (Å²) in [6, 6.07) is 19.7. The van der Waals surface area contributed by atoms with Gasteiger partial charge in [0.2, 0.25) is 0 Å². The van der Waals surface area contributed by atoms with Crippen LogP contribution in [0, 0.1) is 0 Å². The molecule has 6 heteroatoms. The zero-order chi connectivity index (χ0) is 23.5. The Bertz CT molecular complexity index is 1140. The van der Waals surface area contributed by atoms with E-state index in [4.69, 9.17) is 4.74 Å².